The van der Waals surface area contributed by atoms with Crippen LogP contribution in [0.1, 0.15) is 72.1 Å². The minimum atomic E-state index is -0.178. The van der Waals surface area contributed by atoms with E-state index in [1.165, 1.54) is 0 Å². The lowest BCUT2D eigenvalue weighted by molar-refractivity contribution is 0.0193. The number of carbonyl (C=O) groups is 1. The fourth-order valence-electron chi connectivity index (χ4n) is 5.30. The first-order chi connectivity index (χ1) is 16.0. The van der Waals surface area contributed by atoms with Crippen molar-refractivity contribution < 1.29 is 14.3 Å². The number of unbranched alkanes of at least 4 members (excludes halogenated alkanes) is 1. The van der Waals surface area contributed by atoms with Gasteiger partial charge >= 0.3 is 0 Å². The van der Waals surface area contributed by atoms with E-state index in [0.717, 1.165) is 76.1 Å². The molecule has 2 saturated heterocycles. The number of aliphatic hydroxyl groups is 1. The molecule has 33 heavy (non-hydrogen) atoms. The van der Waals surface area contributed by atoms with Gasteiger partial charge < -0.3 is 10.0 Å². The van der Waals surface area contributed by atoms with Gasteiger partial charge in [-0.15, -0.1) is 11.3 Å². The molecule has 0 saturated carbocycles. The summed E-state index contributed by atoms with van der Waals surface area (Å²) in [4.78, 5) is 22.1. The quantitative estimate of drug-likeness (QED) is 0.605. The predicted molar refractivity (Wildman–Crippen MR) is 130 cm³/mol. The van der Waals surface area contributed by atoms with Crippen molar-refractivity contribution in [2.24, 2.45) is 5.41 Å². The van der Waals surface area contributed by atoms with Crippen LogP contribution in [0.2, 0.25) is 0 Å². The zero-order valence-corrected chi connectivity index (χ0v) is 20.5. The lowest BCUT2D eigenvalue weighted by atomic mass is 9.72. The van der Waals surface area contributed by atoms with Gasteiger partial charge in [0.25, 0.3) is 5.91 Å². The Morgan fingerprint density at radius 2 is 1.97 bits per heavy atom. The van der Waals surface area contributed by atoms with E-state index in [1.807, 2.05) is 22.4 Å². The average Bonchev–Trinajstić information content (AvgIpc) is 3.30. The van der Waals surface area contributed by atoms with Gasteiger partial charge in [0.1, 0.15) is 11.5 Å². The molecule has 2 aromatic rings. The minimum absolute atomic E-state index is 0.0389. The van der Waals surface area contributed by atoms with Gasteiger partial charge in [0.15, 0.2) is 0 Å². The number of nitrogens with zero attached hydrogens (tertiary/aromatic N) is 3. The number of carbonyl (C=O) groups excluding carboxylic acids is 1. The van der Waals surface area contributed by atoms with Crippen LogP contribution in [0.4, 0.5) is 4.39 Å². The zero-order valence-electron chi connectivity index (χ0n) is 19.7. The summed E-state index contributed by atoms with van der Waals surface area (Å²) in [6.45, 7) is 6.19. The molecule has 2 aliphatic rings. The van der Waals surface area contributed by atoms with E-state index < -0.39 is 0 Å². The van der Waals surface area contributed by atoms with Crippen LogP contribution in [0.15, 0.2) is 23.6 Å². The number of amides is 1. The Labute approximate surface area is 200 Å². The fourth-order valence-corrected chi connectivity index (χ4v) is 6.11. The predicted octanol–water partition coefficient (Wildman–Crippen LogP) is 4.68. The summed E-state index contributed by atoms with van der Waals surface area (Å²) in [6, 6.07) is 5.48. The number of likely N-dealkylation sites (tertiary alicyclic amines) is 2. The molecule has 0 radical (unpaired) electrons. The van der Waals surface area contributed by atoms with Crippen LogP contribution in [-0.4, -0.2) is 58.6 Å². The second-order valence-electron chi connectivity index (χ2n) is 9.70. The van der Waals surface area contributed by atoms with E-state index in [4.69, 9.17) is 5.11 Å². The molecule has 180 valence electrons. The molecule has 1 amide bonds. The number of aliphatic hydroxyl groups excluding tert-OH is 1. The normalized spacial score (nSPS) is 18.7. The summed E-state index contributed by atoms with van der Waals surface area (Å²) in [6.07, 6.45) is 7.82. The van der Waals surface area contributed by atoms with Crippen molar-refractivity contribution in [2.75, 3.05) is 32.8 Å². The highest BCUT2D eigenvalue weighted by atomic mass is 32.1. The molecule has 1 spiro atoms. The van der Waals surface area contributed by atoms with Crippen LogP contribution < -0.4 is 0 Å². The second kappa shape index (κ2) is 11.1. The number of aryl methyl sites for hydroxylation is 1. The largest absolute Gasteiger partial charge is 0.396 e. The van der Waals surface area contributed by atoms with Crippen molar-refractivity contribution in [3.05, 3.63) is 51.2 Å². The lowest BCUT2D eigenvalue weighted by Crippen LogP contribution is -2.51. The highest BCUT2D eigenvalue weighted by molar-refractivity contribution is 7.09. The zero-order chi connectivity index (χ0) is 23.3. The van der Waals surface area contributed by atoms with E-state index in [2.05, 4.69) is 16.8 Å². The van der Waals surface area contributed by atoms with E-state index in [1.54, 1.807) is 17.4 Å². The Hall–Kier alpha value is -1.83. The van der Waals surface area contributed by atoms with Crippen molar-refractivity contribution in [1.29, 1.82) is 0 Å². The van der Waals surface area contributed by atoms with Gasteiger partial charge in [-0.25, -0.2) is 9.37 Å². The molecule has 1 aromatic heterocycles. The van der Waals surface area contributed by atoms with E-state index in [-0.39, 0.29) is 23.7 Å². The number of hydrogen-bond acceptors (Lipinski definition) is 5. The van der Waals surface area contributed by atoms with Gasteiger partial charge in [-0.1, -0.05) is 31.5 Å². The summed E-state index contributed by atoms with van der Waals surface area (Å²) in [5, 5.41) is 12.2. The topological polar surface area (TPSA) is 56.7 Å². The van der Waals surface area contributed by atoms with Crippen molar-refractivity contribution in [3.8, 4) is 0 Å². The maximum atomic E-state index is 14.7. The molecule has 1 aromatic carbocycles. The van der Waals surface area contributed by atoms with Crippen molar-refractivity contribution >= 4 is 17.2 Å². The van der Waals surface area contributed by atoms with Crippen LogP contribution in [0.25, 0.3) is 0 Å². The third kappa shape index (κ3) is 5.81. The summed E-state index contributed by atoms with van der Waals surface area (Å²) in [5.41, 5.74) is 2.08. The molecule has 2 fully saturated rings. The van der Waals surface area contributed by atoms with Gasteiger partial charge in [0.05, 0.1) is 5.01 Å². The molecule has 1 N–H and O–H groups in total. The maximum Gasteiger partial charge on any atom is 0.273 e. The van der Waals surface area contributed by atoms with E-state index in [9.17, 15) is 9.18 Å². The molecule has 0 unspecified atom stereocenters. The van der Waals surface area contributed by atoms with Gasteiger partial charge in [-0.05, 0) is 69.0 Å². The first-order valence-electron chi connectivity index (χ1n) is 12.4. The maximum absolute atomic E-state index is 14.7. The summed E-state index contributed by atoms with van der Waals surface area (Å²) in [7, 11) is 0. The lowest BCUT2D eigenvalue weighted by Gasteiger charge is -2.47. The van der Waals surface area contributed by atoms with E-state index >= 15 is 0 Å². The number of thiazole rings is 1. The first kappa shape index (κ1) is 24.3. The average molecular weight is 474 g/mol. The first-order valence-corrected chi connectivity index (χ1v) is 13.2. The number of piperidine rings is 2. The molecule has 0 aliphatic carbocycles. The van der Waals surface area contributed by atoms with Crippen LogP contribution in [0.3, 0.4) is 0 Å². The highest BCUT2D eigenvalue weighted by Crippen LogP contribution is 2.40. The minimum Gasteiger partial charge on any atom is -0.396 e. The number of hydrogen-bond donors (Lipinski definition) is 1. The molecule has 2 aliphatic heterocycles. The third-order valence-electron chi connectivity index (χ3n) is 7.31. The second-order valence-corrected chi connectivity index (χ2v) is 10.6. The highest BCUT2D eigenvalue weighted by Gasteiger charge is 2.40. The Morgan fingerprint density at radius 1 is 1.18 bits per heavy atom. The number of rotatable bonds is 8. The van der Waals surface area contributed by atoms with Gasteiger partial charge in [-0.3, -0.25) is 9.69 Å². The van der Waals surface area contributed by atoms with Crippen LogP contribution in [0, 0.1) is 11.2 Å². The number of halogens is 1. The Kier molecular flexibility index (Phi) is 8.15. The molecule has 4 rings (SSSR count). The third-order valence-corrected chi connectivity index (χ3v) is 8.22. The summed E-state index contributed by atoms with van der Waals surface area (Å²) in [5.74, 6) is -0.0962. The molecular formula is C26H36FN3O2S. The molecule has 5 nitrogen and oxygen atoms in total. The summed E-state index contributed by atoms with van der Waals surface area (Å²) >= 11 is 1.61. The van der Waals surface area contributed by atoms with Crippen LogP contribution >= 0.6 is 11.3 Å². The summed E-state index contributed by atoms with van der Waals surface area (Å²) < 4.78 is 14.7. The van der Waals surface area contributed by atoms with Gasteiger partial charge in [-0.2, -0.15) is 0 Å². The molecule has 0 bridgehead atoms. The van der Waals surface area contributed by atoms with Crippen molar-refractivity contribution in [3.63, 3.8) is 0 Å². The number of aromatic nitrogens is 1. The Morgan fingerprint density at radius 3 is 2.73 bits per heavy atom. The monoisotopic (exact) mass is 473 g/mol. The van der Waals surface area contributed by atoms with Crippen molar-refractivity contribution in [2.45, 2.75) is 64.8 Å². The van der Waals surface area contributed by atoms with Crippen molar-refractivity contribution in [1.82, 2.24) is 14.8 Å². The fraction of sp³-hybridized carbons (Fsp3) is 0.615. The van der Waals surface area contributed by atoms with Gasteiger partial charge in [0, 0.05) is 37.2 Å². The Bertz CT molecular complexity index is 939. The van der Waals surface area contributed by atoms with E-state index in [0.29, 0.717) is 29.8 Å². The standard InChI is InChI=1S/C26H36FN3O2S/c1-2-3-8-23-28-22(18-33-23)25(32)30-13-5-10-26(19-30)11-14-29(15-12-26)17-21-7-4-6-20(9-16-31)24(21)27/h4,6-7,18,31H,2-3,5,8-17,19H2,1H3. The molecular weight excluding hydrogens is 437 g/mol. The smallest absolute Gasteiger partial charge is 0.273 e. The molecule has 7 heteroatoms. The molecule has 3 heterocycles. The van der Waals surface area contributed by atoms with Gasteiger partial charge in [0.2, 0.25) is 0 Å². The van der Waals surface area contributed by atoms with Crippen LogP contribution in [-0.2, 0) is 19.4 Å². The molecule has 0 atom stereocenters. The SMILES string of the molecule is CCCCc1nc(C(=O)N2CCCC3(CCN(Cc4cccc(CCO)c4F)CC3)C2)cs1. The van der Waals surface area contributed by atoms with Crippen LogP contribution in [0.5, 0.6) is 0 Å². The Balaban J connectivity index is 1.34. The number of benzene rings is 1.